The lowest BCUT2D eigenvalue weighted by Crippen LogP contribution is -2.04. The van der Waals surface area contributed by atoms with Crippen molar-refractivity contribution in [1.29, 1.82) is 0 Å². The number of halogens is 3. The SMILES string of the molecule is CC(c1ccc(F)cc1Br)S(=O)(=O)F. The van der Waals surface area contributed by atoms with Crippen molar-refractivity contribution in [1.82, 2.24) is 0 Å². The predicted molar refractivity (Wildman–Crippen MR) is 52.5 cm³/mol. The van der Waals surface area contributed by atoms with Crippen molar-refractivity contribution in [3.63, 3.8) is 0 Å². The Balaban J connectivity index is 3.21. The average molecular weight is 285 g/mol. The molecule has 1 aromatic rings. The van der Waals surface area contributed by atoms with Crippen LogP contribution < -0.4 is 0 Å². The van der Waals surface area contributed by atoms with Gasteiger partial charge in [0.1, 0.15) is 11.1 Å². The van der Waals surface area contributed by atoms with Crippen LogP contribution in [0, 0.1) is 5.82 Å². The number of benzene rings is 1. The molecule has 14 heavy (non-hydrogen) atoms. The van der Waals surface area contributed by atoms with Crippen molar-refractivity contribution in [2.24, 2.45) is 0 Å². The smallest absolute Gasteiger partial charge is 0.207 e. The lowest BCUT2D eigenvalue weighted by Gasteiger charge is -2.08. The molecule has 2 nitrogen and oxygen atoms in total. The quantitative estimate of drug-likeness (QED) is 0.783. The van der Waals surface area contributed by atoms with Crippen molar-refractivity contribution in [3.8, 4) is 0 Å². The highest BCUT2D eigenvalue weighted by Crippen LogP contribution is 2.30. The van der Waals surface area contributed by atoms with Crippen LogP contribution in [0.15, 0.2) is 22.7 Å². The van der Waals surface area contributed by atoms with Crippen LogP contribution >= 0.6 is 15.9 Å². The summed E-state index contributed by atoms with van der Waals surface area (Å²) >= 11 is 2.97. The van der Waals surface area contributed by atoms with E-state index in [2.05, 4.69) is 15.9 Å². The minimum atomic E-state index is -4.64. The van der Waals surface area contributed by atoms with Crippen LogP contribution in [0.1, 0.15) is 17.7 Å². The summed E-state index contributed by atoms with van der Waals surface area (Å²) in [5.41, 5.74) is 0.203. The van der Waals surface area contributed by atoms with Gasteiger partial charge in [-0.3, -0.25) is 0 Å². The largest absolute Gasteiger partial charge is 0.309 e. The van der Waals surface area contributed by atoms with Gasteiger partial charge < -0.3 is 0 Å². The summed E-state index contributed by atoms with van der Waals surface area (Å²) in [4.78, 5) is 0. The Morgan fingerprint density at radius 3 is 2.43 bits per heavy atom. The Bertz CT molecular complexity index is 445. The van der Waals surface area contributed by atoms with Crippen molar-refractivity contribution in [2.45, 2.75) is 12.2 Å². The third kappa shape index (κ3) is 2.51. The highest BCUT2D eigenvalue weighted by molar-refractivity contribution is 9.10. The average Bonchev–Trinajstić information content (AvgIpc) is 2.01. The molecular weight excluding hydrogens is 278 g/mol. The van der Waals surface area contributed by atoms with Gasteiger partial charge in [0.05, 0.1) is 0 Å². The van der Waals surface area contributed by atoms with E-state index in [4.69, 9.17) is 0 Å². The standard InChI is InChI=1S/C8H7BrF2O2S/c1-5(14(11,12)13)7-3-2-6(10)4-8(7)9/h2-5H,1H3. The van der Waals surface area contributed by atoms with Crippen molar-refractivity contribution in [2.75, 3.05) is 0 Å². The molecule has 0 aliphatic rings. The second-order valence-electron chi connectivity index (χ2n) is 2.78. The van der Waals surface area contributed by atoms with Gasteiger partial charge in [-0.15, -0.1) is 3.89 Å². The second-order valence-corrected chi connectivity index (χ2v) is 5.30. The zero-order chi connectivity index (χ0) is 10.9. The molecule has 0 saturated carbocycles. The molecule has 0 N–H and O–H groups in total. The van der Waals surface area contributed by atoms with E-state index in [-0.39, 0.29) is 10.0 Å². The zero-order valence-corrected chi connectivity index (χ0v) is 9.57. The minimum absolute atomic E-state index is 0.203. The molecule has 0 amide bonds. The van der Waals surface area contributed by atoms with E-state index in [1.165, 1.54) is 13.0 Å². The molecule has 6 heteroatoms. The first-order valence-corrected chi connectivity index (χ1v) is 5.95. The van der Waals surface area contributed by atoms with E-state index >= 15 is 0 Å². The summed E-state index contributed by atoms with van der Waals surface area (Å²) in [6, 6.07) is 3.42. The highest BCUT2D eigenvalue weighted by Gasteiger charge is 2.23. The van der Waals surface area contributed by atoms with E-state index in [0.717, 1.165) is 12.1 Å². The van der Waals surface area contributed by atoms with Gasteiger partial charge in [-0.2, -0.15) is 8.42 Å². The first-order valence-electron chi connectivity index (χ1n) is 3.71. The van der Waals surface area contributed by atoms with Gasteiger partial charge >= 0.3 is 10.2 Å². The lowest BCUT2D eigenvalue weighted by atomic mass is 10.2. The molecule has 0 bridgehead atoms. The van der Waals surface area contributed by atoms with Crippen molar-refractivity contribution < 1.29 is 16.7 Å². The first-order chi connectivity index (χ1) is 6.32. The molecule has 0 spiro atoms. The van der Waals surface area contributed by atoms with Gasteiger partial charge in [-0.25, -0.2) is 4.39 Å². The van der Waals surface area contributed by atoms with E-state index in [9.17, 15) is 16.7 Å². The summed E-state index contributed by atoms with van der Waals surface area (Å²) < 4.78 is 46.7. The van der Waals surface area contributed by atoms with Gasteiger partial charge in [-0.05, 0) is 24.6 Å². The molecule has 0 aromatic heterocycles. The van der Waals surface area contributed by atoms with Crippen LogP contribution in [0.5, 0.6) is 0 Å². The molecule has 0 radical (unpaired) electrons. The molecule has 78 valence electrons. The normalized spacial score (nSPS) is 14.0. The number of hydrogen-bond donors (Lipinski definition) is 0. The fourth-order valence-corrected chi connectivity index (χ4v) is 2.34. The molecule has 0 aliphatic heterocycles. The van der Waals surface area contributed by atoms with Gasteiger partial charge in [0.2, 0.25) is 0 Å². The summed E-state index contributed by atoms with van der Waals surface area (Å²) in [7, 11) is -4.64. The first kappa shape index (κ1) is 11.6. The van der Waals surface area contributed by atoms with Crippen LogP contribution in [0.25, 0.3) is 0 Å². The number of rotatable bonds is 2. The van der Waals surface area contributed by atoms with Crippen LogP contribution in [-0.4, -0.2) is 8.42 Å². The van der Waals surface area contributed by atoms with Crippen molar-refractivity contribution >= 4 is 26.2 Å². The van der Waals surface area contributed by atoms with Crippen LogP contribution in [0.2, 0.25) is 0 Å². The summed E-state index contributed by atoms with van der Waals surface area (Å²) in [5.74, 6) is -0.510. The fraction of sp³-hybridized carbons (Fsp3) is 0.250. The lowest BCUT2D eigenvalue weighted by molar-refractivity contribution is 0.540. The van der Waals surface area contributed by atoms with Crippen LogP contribution in [-0.2, 0) is 10.2 Å². The van der Waals surface area contributed by atoms with Gasteiger partial charge in [-0.1, -0.05) is 22.0 Å². The molecule has 1 unspecified atom stereocenters. The molecule has 1 atom stereocenters. The molecule has 0 fully saturated rings. The maximum atomic E-state index is 12.6. The molecule has 1 rings (SSSR count). The molecule has 0 aliphatic carbocycles. The maximum absolute atomic E-state index is 12.6. The van der Waals surface area contributed by atoms with E-state index in [0.29, 0.717) is 0 Å². The fourth-order valence-electron chi connectivity index (χ4n) is 0.983. The Hall–Kier alpha value is -0.490. The van der Waals surface area contributed by atoms with Crippen LogP contribution in [0.3, 0.4) is 0 Å². The van der Waals surface area contributed by atoms with Crippen molar-refractivity contribution in [3.05, 3.63) is 34.1 Å². The summed E-state index contributed by atoms with van der Waals surface area (Å²) in [6.07, 6.45) is 0. The summed E-state index contributed by atoms with van der Waals surface area (Å²) in [6.45, 7) is 1.20. The third-order valence-corrected chi connectivity index (χ3v) is 3.61. The maximum Gasteiger partial charge on any atom is 0.309 e. The summed E-state index contributed by atoms with van der Waals surface area (Å²) in [5, 5.41) is -1.29. The van der Waals surface area contributed by atoms with E-state index < -0.39 is 21.3 Å². The second kappa shape index (κ2) is 3.94. The van der Waals surface area contributed by atoms with Crippen LogP contribution in [0.4, 0.5) is 8.28 Å². The Morgan fingerprint density at radius 2 is 2.00 bits per heavy atom. The molecule has 0 saturated heterocycles. The Kier molecular flexibility index (Phi) is 3.26. The molecule has 0 heterocycles. The monoisotopic (exact) mass is 284 g/mol. The Morgan fingerprint density at radius 1 is 1.43 bits per heavy atom. The molecular formula is C8H7BrF2O2S. The topological polar surface area (TPSA) is 34.1 Å². The Labute approximate surface area is 89.3 Å². The third-order valence-electron chi connectivity index (χ3n) is 1.82. The zero-order valence-electron chi connectivity index (χ0n) is 7.17. The van der Waals surface area contributed by atoms with E-state index in [1.54, 1.807) is 0 Å². The molecule has 1 aromatic carbocycles. The van der Waals surface area contributed by atoms with Gasteiger partial charge in [0.25, 0.3) is 0 Å². The number of hydrogen-bond acceptors (Lipinski definition) is 2. The van der Waals surface area contributed by atoms with E-state index in [1.807, 2.05) is 0 Å². The highest BCUT2D eigenvalue weighted by atomic mass is 79.9. The predicted octanol–water partition coefficient (Wildman–Crippen LogP) is 2.95. The van der Waals surface area contributed by atoms with Gasteiger partial charge in [0, 0.05) is 4.47 Å². The van der Waals surface area contributed by atoms with Gasteiger partial charge in [0.15, 0.2) is 0 Å². The minimum Gasteiger partial charge on any atom is -0.207 e.